The Bertz CT molecular complexity index is 272. The van der Waals surface area contributed by atoms with Crippen molar-refractivity contribution in [1.29, 1.82) is 0 Å². The molecule has 0 aromatic heterocycles. The number of nitrogens with zero attached hydrogens (tertiary/aromatic N) is 1. The molecule has 6 atom stereocenters. The summed E-state index contributed by atoms with van der Waals surface area (Å²) in [5, 5.41) is 0. The normalized spacial score (nSPS) is 53.8. The molecule has 2 bridgehead atoms. The van der Waals surface area contributed by atoms with Crippen LogP contribution in [0.2, 0.25) is 0 Å². The summed E-state index contributed by atoms with van der Waals surface area (Å²) in [4.78, 5) is 2.54. The largest absolute Gasteiger partial charge is 0.362 e. The van der Waals surface area contributed by atoms with E-state index in [0.717, 1.165) is 43.4 Å². The van der Waals surface area contributed by atoms with Crippen molar-refractivity contribution in [2.75, 3.05) is 19.8 Å². The van der Waals surface area contributed by atoms with E-state index in [1.165, 1.54) is 19.3 Å². The van der Waals surface area contributed by atoms with E-state index in [4.69, 9.17) is 9.47 Å². The second-order valence-electron chi connectivity index (χ2n) is 5.93. The first-order valence-corrected chi connectivity index (χ1v) is 6.89. The summed E-state index contributed by atoms with van der Waals surface area (Å²) in [6.45, 7) is 5.41. The summed E-state index contributed by atoms with van der Waals surface area (Å²) in [7, 11) is 0. The lowest BCUT2D eigenvalue weighted by Crippen LogP contribution is -2.52. The van der Waals surface area contributed by atoms with Crippen LogP contribution < -0.4 is 0 Å². The van der Waals surface area contributed by atoms with Gasteiger partial charge in [-0.15, -0.1) is 0 Å². The highest BCUT2D eigenvalue weighted by Gasteiger charge is 2.63. The zero-order chi connectivity index (χ0) is 10.7. The maximum Gasteiger partial charge on any atom is 0.115 e. The number of rotatable bonds is 3. The van der Waals surface area contributed by atoms with Crippen LogP contribution in [0, 0.1) is 23.7 Å². The van der Waals surface area contributed by atoms with Crippen LogP contribution in [-0.4, -0.2) is 37.1 Å². The second-order valence-corrected chi connectivity index (χ2v) is 5.93. The van der Waals surface area contributed by atoms with Gasteiger partial charge in [-0.05, 0) is 24.7 Å². The Labute approximate surface area is 97.1 Å². The Morgan fingerprint density at radius 3 is 2.19 bits per heavy atom. The van der Waals surface area contributed by atoms with Crippen LogP contribution in [0.1, 0.15) is 26.2 Å². The Morgan fingerprint density at radius 2 is 1.62 bits per heavy atom. The van der Waals surface area contributed by atoms with Crippen molar-refractivity contribution < 1.29 is 9.47 Å². The summed E-state index contributed by atoms with van der Waals surface area (Å²) >= 11 is 0. The molecule has 16 heavy (non-hydrogen) atoms. The smallest absolute Gasteiger partial charge is 0.115 e. The van der Waals surface area contributed by atoms with Gasteiger partial charge < -0.3 is 9.47 Å². The third-order valence-electron chi connectivity index (χ3n) is 5.27. The van der Waals surface area contributed by atoms with Gasteiger partial charge in [-0.1, -0.05) is 13.3 Å². The number of piperidine rings is 1. The van der Waals surface area contributed by atoms with Crippen LogP contribution in [0.15, 0.2) is 0 Å². The van der Waals surface area contributed by atoms with Crippen LogP contribution in [0.25, 0.3) is 0 Å². The van der Waals surface area contributed by atoms with Gasteiger partial charge in [-0.2, -0.15) is 0 Å². The highest BCUT2D eigenvalue weighted by Crippen LogP contribution is 2.58. The summed E-state index contributed by atoms with van der Waals surface area (Å²) < 4.78 is 12.1. The van der Waals surface area contributed by atoms with Crippen LogP contribution in [0.5, 0.6) is 0 Å². The quantitative estimate of drug-likeness (QED) is 0.726. The highest BCUT2D eigenvalue weighted by molar-refractivity contribution is 5.06. The molecule has 0 radical (unpaired) electrons. The molecule has 0 unspecified atom stereocenters. The topological polar surface area (TPSA) is 21.7 Å². The molecule has 0 N–H and O–H groups in total. The Kier molecular flexibility index (Phi) is 2.12. The minimum absolute atomic E-state index is 0.392. The van der Waals surface area contributed by atoms with E-state index in [-0.39, 0.29) is 0 Å². The zero-order valence-corrected chi connectivity index (χ0v) is 9.97. The van der Waals surface area contributed by atoms with Crippen molar-refractivity contribution in [3.05, 3.63) is 0 Å². The molecule has 0 spiro atoms. The van der Waals surface area contributed by atoms with Gasteiger partial charge in [0.2, 0.25) is 0 Å². The van der Waals surface area contributed by atoms with Gasteiger partial charge in [-0.25, -0.2) is 0 Å². The van der Waals surface area contributed by atoms with Crippen LogP contribution >= 0.6 is 0 Å². The third-order valence-corrected chi connectivity index (χ3v) is 5.27. The molecular weight excluding hydrogens is 202 g/mol. The average Bonchev–Trinajstić information content (AvgIpc) is 2.91. The first kappa shape index (κ1) is 9.86. The molecule has 0 aromatic rings. The van der Waals surface area contributed by atoms with Crippen LogP contribution in [-0.2, 0) is 9.47 Å². The molecule has 1 aliphatic carbocycles. The van der Waals surface area contributed by atoms with Gasteiger partial charge in [0, 0.05) is 18.4 Å². The first-order chi connectivity index (χ1) is 7.90. The number of unbranched alkanes of at least 4 members (excludes halogenated alkanes) is 1. The monoisotopic (exact) mass is 223 g/mol. The van der Waals surface area contributed by atoms with E-state index >= 15 is 0 Å². The van der Waals surface area contributed by atoms with Gasteiger partial charge in [-0.3, -0.25) is 4.90 Å². The number of ether oxygens (including phenoxy) is 2. The predicted octanol–water partition coefficient (Wildman–Crippen LogP) is 1.68. The average molecular weight is 223 g/mol. The summed E-state index contributed by atoms with van der Waals surface area (Å²) in [6, 6.07) is 0. The Morgan fingerprint density at radius 1 is 1.00 bits per heavy atom. The molecule has 4 fully saturated rings. The van der Waals surface area contributed by atoms with Gasteiger partial charge in [0.05, 0.1) is 13.2 Å². The standard InChI is InChI=1S/C13H21NO2/c1-2-3-4-14-12-8-5-9-11(7-16-13(9)14)10(8)6-15-12/h8-13H,2-7H2,1H3/t8-,9+,10-,11+,12+,13-. The van der Waals surface area contributed by atoms with E-state index in [1.54, 1.807) is 0 Å². The highest BCUT2D eigenvalue weighted by atomic mass is 16.5. The van der Waals surface area contributed by atoms with Gasteiger partial charge in [0.25, 0.3) is 0 Å². The number of likely N-dealkylation sites (tertiary alicyclic amines) is 1. The molecule has 3 saturated heterocycles. The molecule has 4 aliphatic rings. The van der Waals surface area contributed by atoms with Crippen molar-refractivity contribution in [3.8, 4) is 0 Å². The van der Waals surface area contributed by atoms with E-state index < -0.39 is 0 Å². The summed E-state index contributed by atoms with van der Waals surface area (Å²) in [5.41, 5.74) is 0. The molecule has 3 heterocycles. The fraction of sp³-hybridized carbons (Fsp3) is 1.00. The van der Waals surface area contributed by atoms with Crippen molar-refractivity contribution in [2.24, 2.45) is 23.7 Å². The molecule has 0 aromatic carbocycles. The molecule has 4 rings (SSSR count). The third kappa shape index (κ3) is 1.09. The van der Waals surface area contributed by atoms with Crippen molar-refractivity contribution in [2.45, 2.75) is 38.6 Å². The Balaban J connectivity index is 1.63. The first-order valence-electron chi connectivity index (χ1n) is 6.89. The van der Waals surface area contributed by atoms with E-state index in [9.17, 15) is 0 Å². The minimum atomic E-state index is 0.392. The van der Waals surface area contributed by atoms with E-state index in [1.807, 2.05) is 0 Å². The van der Waals surface area contributed by atoms with Crippen LogP contribution in [0.3, 0.4) is 0 Å². The Hall–Kier alpha value is -0.120. The summed E-state index contributed by atoms with van der Waals surface area (Å²) in [5.74, 6) is 3.28. The molecule has 3 heteroatoms. The molecule has 3 aliphatic heterocycles. The van der Waals surface area contributed by atoms with Gasteiger partial charge >= 0.3 is 0 Å². The minimum Gasteiger partial charge on any atom is -0.362 e. The predicted molar refractivity (Wildman–Crippen MR) is 59.7 cm³/mol. The molecule has 90 valence electrons. The molecule has 3 nitrogen and oxygen atoms in total. The molecule has 0 amide bonds. The molecule has 1 saturated carbocycles. The number of hydrogen-bond acceptors (Lipinski definition) is 3. The fourth-order valence-corrected chi connectivity index (χ4v) is 4.54. The zero-order valence-electron chi connectivity index (χ0n) is 9.97. The molecular formula is C13H21NO2. The van der Waals surface area contributed by atoms with E-state index in [2.05, 4.69) is 11.8 Å². The lowest BCUT2D eigenvalue weighted by Gasteiger charge is -2.41. The fourth-order valence-electron chi connectivity index (χ4n) is 4.54. The summed E-state index contributed by atoms with van der Waals surface area (Å²) in [6.07, 6.45) is 4.69. The SMILES string of the molecule is CCCCN1[C@@H]2OC[C@@H]3[C@@H]4CO[C@H]1[C@@H]4C[C@@H]32. The lowest BCUT2D eigenvalue weighted by molar-refractivity contribution is -0.166. The maximum atomic E-state index is 6.04. The maximum absolute atomic E-state index is 6.04. The number of fused-ring (bicyclic) bond motifs is 1. The van der Waals surface area contributed by atoms with Crippen molar-refractivity contribution in [3.63, 3.8) is 0 Å². The van der Waals surface area contributed by atoms with E-state index in [0.29, 0.717) is 12.5 Å². The van der Waals surface area contributed by atoms with Crippen molar-refractivity contribution >= 4 is 0 Å². The van der Waals surface area contributed by atoms with Gasteiger partial charge in [0.1, 0.15) is 12.5 Å². The van der Waals surface area contributed by atoms with Crippen LogP contribution in [0.4, 0.5) is 0 Å². The van der Waals surface area contributed by atoms with Gasteiger partial charge in [0.15, 0.2) is 0 Å². The van der Waals surface area contributed by atoms with Crippen molar-refractivity contribution in [1.82, 2.24) is 4.90 Å². The second kappa shape index (κ2) is 3.44. The number of hydrogen-bond donors (Lipinski definition) is 0. The lowest BCUT2D eigenvalue weighted by atomic mass is 9.91.